The van der Waals surface area contributed by atoms with Gasteiger partial charge in [-0.15, -0.1) is 0 Å². The van der Waals surface area contributed by atoms with E-state index in [4.69, 9.17) is 0 Å². The predicted molar refractivity (Wildman–Crippen MR) is 86.9 cm³/mol. The van der Waals surface area contributed by atoms with E-state index in [1.165, 1.54) is 4.90 Å². The molecule has 5 heteroatoms. The predicted octanol–water partition coefficient (Wildman–Crippen LogP) is 3.20. The van der Waals surface area contributed by atoms with Crippen LogP contribution in [-0.4, -0.2) is 30.3 Å². The Kier molecular flexibility index (Phi) is 5.56. The average Bonchev–Trinajstić information content (AvgIpc) is 2.49. The number of rotatable bonds is 4. The number of halogens is 1. The molecule has 4 nitrogen and oxygen atoms in total. The molecule has 21 heavy (non-hydrogen) atoms. The fourth-order valence-electron chi connectivity index (χ4n) is 2.38. The van der Waals surface area contributed by atoms with E-state index in [0.29, 0.717) is 5.69 Å². The molecular weight excluding hydrogens is 332 g/mol. The lowest BCUT2D eigenvalue weighted by Gasteiger charge is -2.24. The number of benzene rings is 1. The summed E-state index contributed by atoms with van der Waals surface area (Å²) in [5.74, 6) is -0.137. The lowest BCUT2D eigenvalue weighted by Crippen LogP contribution is -2.38. The first-order valence-corrected chi connectivity index (χ1v) is 7.81. The van der Waals surface area contributed by atoms with Gasteiger partial charge in [0.05, 0.1) is 12.2 Å². The van der Waals surface area contributed by atoms with E-state index >= 15 is 0 Å². The summed E-state index contributed by atoms with van der Waals surface area (Å²) in [6, 6.07) is 7.41. The van der Waals surface area contributed by atoms with Crippen molar-refractivity contribution in [3.8, 4) is 0 Å². The van der Waals surface area contributed by atoms with E-state index in [1.807, 2.05) is 30.3 Å². The van der Waals surface area contributed by atoms with Crippen molar-refractivity contribution in [2.75, 3.05) is 18.9 Å². The summed E-state index contributed by atoms with van der Waals surface area (Å²) in [7, 11) is 1.68. The first-order chi connectivity index (χ1) is 10.1. The van der Waals surface area contributed by atoms with Crippen LogP contribution >= 0.6 is 15.9 Å². The highest BCUT2D eigenvalue weighted by atomic mass is 79.9. The molecule has 1 aliphatic carbocycles. The number of anilines is 1. The number of hydrogen-bond acceptors (Lipinski definition) is 2. The third-order valence-electron chi connectivity index (χ3n) is 3.52. The zero-order chi connectivity index (χ0) is 15.2. The summed E-state index contributed by atoms with van der Waals surface area (Å²) in [5, 5.41) is 2.81. The molecule has 2 amide bonds. The van der Waals surface area contributed by atoms with E-state index < -0.39 is 0 Å². The maximum absolute atomic E-state index is 12.3. The summed E-state index contributed by atoms with van der Waals surface area (Å²) < 4.78 is 0.824. The summed E-state index contributed by atoms with van der Waals surface area (Å²) in [6.07, 6.45) is 6.72. The summed E-state index contributed by atoms with van der Waals surface area (Å²) in [4.78, 5) is 25.8. The van der Waals surface area contributed by atoms with E-state index in [0.717, 1.165) is 23.7 Å². The molecule has 0 radical (unpaired) electrons. The zero-order valence-corrected chi connectivity index (χ0v) is 13.6. The van der Waals surface area contributed by atoms with Crippen LogP contribution in [0.3, 0.4) is 0 Å². The fraction of sp³-hybridized carbons (Fsp3) is 0.375. The van der Waals surface area contributed by atoms with Crippen LogP contribution in [-0.2, 0) is 9.59 Å². The number of nitrogens with zero attached hydrogens (tertiary/aromatic N) is 1. The van der Waals surface area contributed by atoms with Crippen LogP contribution < -0.4 is 5.32 Å². The quantitative estimate of drug-likeness (QED) is 0.847. The minimum atomic E-state index is -0.191. The maximum atomic E-state index is 12.3. The third-order valence-corrected chi connectivity index (χ3v) is 4.21. The van der Waals surface area contributed by atoms with Crippen LogP contribution in [0.25, 0.3) is 0 Å². The number of allylic oxidation sites excluding steroid dienone is 2. The topological polar surface area (TPSA) is 49.4 Å². The van der Waals surface area contributed by atoms with E-state index in [1.54, 1.807) is 7.05 Å². The van der Waals surface area contributed by atoms with Crippen LogP contribution in [0.2, 0.25) is 0 Å². The van der Waals surface area contributed by atoms with Crippen LogP contribution in [0.15, 0.2) is 40.9 Å². The fourth-order valence-corrected chi connectivity index (χ4v) is 2.76. The molecule has 112 valence electrons. The largest absolute Gasteiger partial charge is 0.336 e. The SMILES string of the molecule is CN(CC(=O)Nc1ccccc1Br)C(=O)[C@H]1CC=CCC1. The second kappa shape index (κ2) is 7.41. The van der Waals surface area contributed by atoms with Gasteiger partial charge < -0.3 is 10.2 Å². The van der Waals surface area contributed by atoms with Gasteiger partial charge in [-0.1, -0.05) is 24.3 Å². The second-order valence-corrected chi connectivity index (χ2v) is 6.06. The Labute approximate surface area is 133 Å². The summed E-state index contributed by atoms with van der Waals surface area (Å²) in [6.45, 7) is 0.0698. The van der Waals surface area contributed by atoms with Gasteiger partial charge in [-0.05, 0) is 47.3 Å². The Hall–Kier alpha value is -1.62. The van der Waals surface area contributed by atoms with Crippen molar-refractivity contribution in [1.29, 1.82) is 0 Å². The Morgan fingerprint density at radius 2 is 2.10 bits per heavy atom. The number of para-hydroxylation sites is 1. The van der Waals surface area contributed by atoms with Gasteiger partial charge >= 0.3 is 0 Å². The first-order valence-electron chi connectivity index (χ1n) is 7.02. The number of amides is 2. The van der Waals surface area contributed by atoms with Crippen molar-refractivity contribution in [3.05, 3.63) is 40.9 Å². The highest BCUT2D eigenvalue weighted by molar-refractivity contribution is 9.10. The number of carbonyl (C=O) groups is 2. The summed E-state index contributed by atoms with van der Waals surface area (Å²) in [5.41, 5.74) is 0.712. The van der Waals surface area contributed by atoms with Crippen molar-refractivity contribution in [2.24, 2.45) is 5.92 Å². The molecule has 1 aliphatic rings. The first kappa shape index (κ1) is 15.8. The van der Waals surface area contributed by atoms with Crippen molar-refractivity contribution in [3.63, 3.8) is 0 Å². The molecule has 0 unspecified atom stereocenters. The van der Waals surface area contributed by atoms with Gasteiger partial charge in [0.25, 0.3) is 0 Å². The van der Waals surface area contributed by atoms with Crippen molar-refractivity contribution in [2.45, 2.75) is 19.3 Å². The van der Waals surface area contributed by atoms with Crippen LogP contribution in [0.4, 0.5) is 5.69 Å². The van der Waals surface area contributed by atoms with Gasteiger partial charge in [0, 0.05) is 17.4 Å². The Balaban J connectivity index is 1.88. The minimum absolute atomic E-state index is 0.0104. The molecule has 0 fully saturated rings. The van der Waals surface area contributed by atoms with Gasteiger partial charge in [-0.3, -0.25) is 9.59 Å². The molecule has 0 heterocycles. The number of nitrogens with one attached hydrogen (secondary N) is 1. The lowest BCUT2D eigenvalue weighted by molar-refractivity contribution is -0.137. The van der Waals surface area contributed by atoms with Crippen LogP contribution in [0.5, 0.6) is 0 Å². The van der Waals surface area contributed by atoms with Gasteiger partial charge in [0.2, 0.25) is 11.8 Å². The molecule has 0 saturated carbocycles. The van der Waals surface area contributed by atoms with E-state index in [2.05, 4.69) is 27.3 Å². The monoisotopic (exact) mass is 350 g/mol. The van der Waals surface area contributed by atoms with Crippen molar-refractivity contribution >= 4 is 33.4 Å². The standard InChI is InChI=1S/C16H19BrN2O2/c1-19(16(21)12-7-3-2-4-8-12)11-15(20)18-14-10-6-5-9-13(14)17/h2-3,5-6,9-10,12H,4,7-8,11H2,1H3,(H,18,20)/t12-/m0/s1. The molecule has 0 aromatic heterocycles. The maximum Gasteiger partial charge on any atom is 0.244 e. The van der Waals surface area contributed by atoms with Crippen LogP contribution in [0.1, 0.15) is 19.3 Å². The lowest BCUT2D eigenvalue weighted by atomic mass is 9.93. The Morgan fingerprint density at radius 1 is 1.33 bits per heavy atom. The third kappa shape index (κ3) is 4.43. The number of carbonyl (C=O) groups excluding carboxylic acids is 2. The molecule has 0 spiro atoms. The number of hydrogen-bond donors (Lipinski definition) is 1. The second-order valence-electron chi connectivity index (χ2n) is 5.20. The van der Waals surface area contributed by atoms with Crippen molar-refractivity contribution < 1.29 is 9.59 Å². The highest BCUT2D eigenvalue weighted by Gasteiger charge is 2.23. The van der Waals surface area contributed by atoms with E-state index in [-0.39, 0.29) is 24.3 Å². The van der Waals surface area contributed by atoms with Gasteiger partial charge in [0.15, 0.2) is 0 Å². The minimum Gasteiger partial charge on any atom is -0.336 e. The van der Waals surface area contributed by atoms with Gasteiger partial charge in [0.1, 0.15) is 0 Å². The van der Waals surface area contributed by atoms with E-state index in [9.17, 15) is 9.59 Å². The Morgan fingerprint density at radius 3 is 2.76 bits per heavy atom. The molecule has 0 bridgehead atoms. The van der Waals surface area contributed by atoms with Crippen LogP contribution in [0, 0.1) is 5.92 Å². The number of likely N-dealkylation sites (N-methyl/N-ethyl adjacent to an activating group) is 1. The molecule has 1 aromatic carbocycles. The summed E-state index contributed by atoms with van der Waals surface area (Å²) >= 11 is 3.38. The molecule has 1 aromatic rings. The Bertz CT molecular complexity index is 557. The molecular formula is C16H19BrN2O2. The van der Waals surface area contributed by atoms with Gasteiger partial charge in [-0.2, -0.15) is 0 Å². The van der Waals surface area contributed by atoms with Crippen molar-refractivity contribution in [1.82, 2.24) is 4.90 Å². The molecule has 1 atom stereocenters. The molecule has 0 aliphatic heterocycles. The highest BCUT2D eigenvalue weighted by Crippen LogP contribution is 2.22. The van der Waals surface area contributed by atoms with Gasteiger partial charge in [-0.25, -0.2) is 0 Å². The average molecular weight is 351 g/mol. The molecule has 1 N–H and O–H groups in total. The normalized spacial score (nSPS) is 17.3. The molecule has 2 rings (SSSR count). The molecule has 0 saturated heterocycles. The zero-order valence-electron chi connectivity index (χ0n) is 12.0. The smallest absolute Gasteiger partial charge is 0.244 e.